The Kier molecular flexibility index (Phi) is 4.15. The highest BCUT2D eigenvalue weighted by Crippen LogP contribution is 2.33. The summed E-state index contributed by atoms with van der Waals surface area (Å²) in [5, 5.41) is 12.1. The highest BCUT2D eigenvalue weighted by molar-refractivity contribution is 5.47. The zero-order valence-corrected chi connectivity index (χ0v) is 13.3. The minimum Gasteiger partial charge on any atom is -0.490 e. The van der Waals surface area contributed by atoms with E-state index in [1.165, 1.54) is 12.8 Å². The SMILES string of the molecule is c1cc(CNCc2nnc3n2CCCC3)c2c(c1)OCCCO2. The molecule has 0 bridgehead atoms. The summed E-state index contributed by atoms with van der Waals surface area (Å²) in [6.07, 6.45) is 4.41. The van der Waals surface area contributed by atoms with Crippen molar-refractivity contribution in [3.8, 4) is 11.5 Å². The zero-order valence-electron chi connectivity index (χ0n) is 13.3. The molecule has 6 nitrogen and oxygen atoms in total. The van der Waals surface area contributed by atoms with Gasteiger partial charge in [-0.2, -0.15) is 0 Å². The van der Waals surface area contributed by atoms with Gasteiger partial charge >= 0.3 is 0 Å². The van der Waals surface area contributed by atoms with Crippen molar-refractivity contribution < 1.29 is 9.47 Å². The molecule has 2 aliphatic rings. The Labute approximate surface area is 135 Å². The molecular weight excluding hydrogens is 292 g/mol. The molecule has 0 saturated carbocycles. The number of benzene rings is 1. The summed E-state index contributed by atoms with van der Waals surface area (Å²) in [4.78, 5) is 0. The number of rotatable bonds is 4. The fraction of sp³-hybridized carbons (Fsp3) is 0.529. The third-order valence-corrected chi connectivity index (χ3v) is 4.39. The van der Waals surface area contributed by atoms with Crippen molar-refractivity contribution >= 4 is 0 Å². The molecule has 0 saturated heterocycles. The van der Waals surface area contributed by atoms with E-state index in [4.69, 9.17) is 9.47 Å². The van der Waals surface area contributed by atoms with Crippen LogP contribution in [-0.4, -0.2) is 28.0 Å². The van der Waals surface area contributed by atoms with E-state index in [1.54, 1.807) is 0 Å². The summed E-state index contributed by atoms with van der Waals surface area (Å²) in [5.74, 6) is 3.87. The van der Waals surface area contributed by atoms with Gasteiger partial charge < -0.3 is 19.4 Å². The van der Waals surface area contributed by atoms with Crippen LogP contribution in [0.25, 0.3) is 0 Å². The van der Waals surface area contributed by atoms with Crippen LogP contribution in [0.1, 0.15) is 36.5 Å². The maximum atomic E-state index is 5.86. The fourth-order valence-electron chi connectivity index (χ4n) is 3.20. The minimum absolute atomic E-state index is 0.710. The van der Waals surface area contributed by atoms with Crippen LogP contribution in [0.5, 0.6) is 11.5 Å². The largest absolute Gasteiger partial charge is 0.490 e. The van der Waals surface area contributed by atoms with Crippen molar-refractivity contribution in [3.05, 3.63) is 35.4 Å². The van der Waals surface area contributed by atoms with Gasteiger partial charge in [-0.3, -0.25) is 0 Å². The average Bonchev–Trinajstić information content (AvgIpc) is 2.83. The van der Waals surface area contributed by atoms with Gasteiger partial charge in [0.1, 0.15) is 11.6 Å². The molecule has 0 unspecified atom stereocenters. The van der Waals surface area contributed by atoms with E-state index < -0.39 is 0 Å². The molecule has 23 heavy (non-hydrogen) atoms. The Morgan fingerprint density at radius 2 is 2.00 bits per heavy atom. The Morgan fingerprint density at radius 1 is 1.04 bits per heavy atom. The van der Waals surface area contributed by atoms with E-state index in [2.05, 4.69) is 26.1 Å². The number of hydrogen-bond donors (Lipinski definition) is 1. The zero-order chi connectivity index (χ0) is 15.5. The smallest absolute Gasteiger partial charge is 0.165 e. The molecule has 0 fully saturated rings. The lowest BCUT2D eigenvalue weighted by atomic mass is 10.1. The molecule has 4 rings (SSSR count). The molecule has 0 radical (unpaired) electrons. The third-order valence-electron chi connectivity index (χ3n) is 4.39. The van der Waals surface area contributed by atoms with Crippen molar-refractivity contribution in [2.45, 2.75) is 45.3 Å². The van der Waals surface area contributed by atoms with Gasteiger partial charge in [0.25, 0.3) is 0 Å². The van der Waals surface area contributed by atoms with Crippen LogP contribution in [0.4, 0.5) is 0 Å². The van der Waals surface area contributed by atoms with Gasteiger partial charge in [0.2, 0.25) is 0 Å². The third kappa shape index (κ3) is 3.03. The first-order valence-electron chi connectivity index (χ1n) is 8.41. The Balaban J connectivity index is 1.43. The lowest BCUT2D eigenvalue weighted by Gasteiger charge is -2.15. The predicted molar refractivity (Wildman–Crippen MR) is 85.6 cm³/mol. The number of nitrogens with one attached hydrogen (secondary N) is 1. The molecule has 0 aliphatic carbocycles. The van der Waals surface area contributed by atoms with Crippen molar-refractivity contribution in [2.24, 2.45) is 0 Å². The van der Waals surface area contributed by atoms with Crippen LogP contribution in [-0.2, 0) is 26.1 Å². The maximum Gasteiger partial charge on any atom is 0.165 e. The second-order valence-electron chi connectivity index (χ2n) is 6.04. The van der Waals surface area contributed by atoms with Crippen molar-refractivity contribution in [1.82, 2.24) is 20.1 Å². The van der Waals surface area contributed by atoms with Crippen molar-refractivity contribution in [2.75, 3.05) is 13.2 Å². The number of aryl methyl sites for hydroxylation is 1. The number of aromatic nitrogens is 3. The van der Waals surface area contributed by atoms with Crippen LogP contribution in [0.3, 0.4) is 0 Å². The molecule has 2 aromatic rings. The molecule has 6 heteroatoms. The normalized spacial score (nSPS) is 16.7. The summed E-state index contributed by atoms with van der Waals surface area (Å²) in [7, 11) is 0. The molecule has 0 amide bonds. The standard InChI is InChI=1S/C17H22N4O2/c1-2-8-21-15(7-1)19-20-16(21)12-18-11-13-5-3-6-14-17(13)23-10-4-9-22-14/h3,5-6,18H,1-2,4,7-12H2. The summed E-state index contributed by atoms with van der Waals surface area (Å²) >= 11 is 0. The van der Waals surface area contributed by atoms with Crippen LogP contribution in [0.2, 0.25) is 0 Å². The maximum absolute atomic E-state index is 5.86. The van der Waals surface area contributed by atoms with Crippen LogP contribution >= 0.6 is 0 Å². The van der Waals surface area contributed by atoms with Gasteiger partial charge in [-0.1, -0.05) is 12.1 Å². The summed E-state index contributed by atoms with van der Waals surface area (Å²) < 4.78 is 13.8. The highest BCUT2D eigenvalue weighted by Gasteiger charge is 2.17. The van der Waals surface area contributed by atoms with E-state index in [0.717, 1.165) is 67.8 Å². The van der Waals surface area contributed by atoms with Gasteiger partial charge in [-0.05, 0) is 18.9 Å². The molecule has 1 N–H and O–H groups in total. The first kappa shape index (κ1) is 14.5. The molecule has 0 atom stereocenters. The monoisotopic (exact) mass is 314 g/mol. The van der Waals surface area contributed by atoms with Gasteiger partial charge in [0.15, 0.2) is 11.5 Å². The van der Waals surface area contributed by atoms with Crippen LogP contribution < -0.4 is 14.8 Å². The second-order valence-corrected chi connectivity index (χ2v) is 6.04. The highest BCUT2D eigenvalue weighted by atomic mass is 16.5. The Hall–Kier alpha value is -2.08. The lowest BCUT2D eigenvalue weighted by molar-refractivity contribution is 0.296. The van der Waals surface area contributed by atoms with E-state index in [-0.39, 0.29) is 0 Å². The summed E-state index contributed by atoms with van der Waals surface area (Å²) in [6, 6.07) is 6.07. The van der Waals surface area contributed by atoms with Gasteiger partial charge in [0.05, 0.1) is 19.8 Å². The number of hydrogen-bond acceptors (Lipinski definition) is 5. The summed E-state index contributed by atoms with van der Waals surface area (Å²) in [6.45, 7) is 3.92. The number of nitrogens with zero attached hydrogens (tertiary/aromatic N) is 3. The molecule has 1 aromatic heterocycles. The van der Waals surface area contributed by atoms with E-state index in [0.29, 0.717) is 6.61 Å². The molecule has 122 valence electrons. The molecule has 0 spiro atoms. The quantitative estimate of drug-likeness (QED) is 0.936. The second kappa shape index (κ2) is 6.58. The van der Waals surface area contributed by atoms with Crippen LogP contribution in [0.15, 0.2) is 18.2 Å². The molecule has 3 heterocycles. The first-order valence-corrected chi connectivity index (χ1v) is 8.41. The van der Waals surface area contributed by atoms with E-state index in [9.17, 15) is 0 Å². The van der Waals surface area contributed by atoms with Crippen molar-refractivity contribution in [3.63, 3.8) is 0 Å². The molecular formula is C17H22N4O2. The minimum atomic E-state index is 0.710. The van der Waals surface area contributed by atoms with Gasteiger partial charge in [-0.15, -0.1) is 10.2 Å². The average molecular weight is 314 g/mol. The number of ether oxygens (including phenoxy) is 2. The van der Waals surface area contributed by atoms with Crippen LogP contribution in [0, 0.1) is 0 Å². The summed E-state index contributed by atoms with van der Waals surface area (Å²) in [5.41, 5.74) is 1.13. The van der Waals surface area contributed by atoms with E-state index in [1.807, 2.05) is 12.1 Å². The number of para-hydroxylation sites is 1. The fourth-order valence-corrected chi connectivity index (χ4v) is 3.20. The van der Waals surface area contributed by atoms with Gasteiger partial charge in [0, 0.05) is 31.5 Å². The molecule has 2 aliphatic heterocycles. The van der Waals surface area contributed by atoms with Crippen molar-refractivity contribution in [1.29, 1.82) is 0 Å². The number of fused-ring (bicyclic) bond motifs is 2. The lowest BCUT2D eigenvalue weighted by Crippen LogP contribution is -2.19. The Bertz CT molecular complexity index is 683. The van der Waals surface area contributed by atoms with Gasteiger partial charge in [-0.25, -0.2) is 0 Å². The predicted octanol–water partition coefficient (Wildman–Crippen LogP) is 2.07. The topological polar surface area (TPSA) is 61.2 Å². The molecule has 1 aromatic carbocycles. The first-order chi connectivity index (χ1) is 11.4. The van der Waals surface area contributed by atoms with E-state index >= 15 is 0 Å². The Morgan fingerprint density at radius 3 is 3.00 bits per heavy atom.